The Morgan fingerprint density at radius 1 is 1.58 bits per heavy atom. The molecule has 0 spiro atoms. The molecule has 100 valence electrons. The molecule has 19 heavy (non-hydrogen) atoms. The van der Waals surface area contributed by atoms with Crippen molar-refractivity contribution < 1.29 is 19.4 Å². The Morgan fingerprint density at radius 3 is 3.05 bits per heavy atom. The van der Waals surface area contributed by atoms with E-state index in [1.54, 1.807) is 11.0 Å². The molecular weight excluding hydrogens is 248 g/mol. The van der Waals surface area contributed by atoms with Crippen LogP contribution < -0.4 is 0 Å². The summed E-state index contributed by atoms with van der Waals surface area (Å²) in [6.45, 7) is 4.48. The zero-order chi connectivity index (χ0) is 13.8. The molecule has 0 saturated heterocycles. The van der Waals surface area contributed by atoms with Crippen LogP contribution in [0.15, 0.2) is 24.9 Å². The highest BCUT2D eigenvalue weighted by molar-refractivity contribution is 5.87. The summed E-state index contributed by atoms with van der Waals surface area (Å²) in [4.78, 5) is 28.2. The van der Waals surface area contributed by atoms with Gasteiger partial charge in [0.1, 0.15) is 6.61 Å². The summed E-state index contributed by atoms with van der Waals surface area (Å²) in [5.74, 6) is -0.997. The first-order valence-electron chi connectivity index (χ1n) is 5.85. The quantitative estimate of drug-likeness (QED) is 0.834. The Morgan fingerprint density at radius 2 is 2.37 bits per heavy atom. The number of nitrogens with zero attached hydrogens (tertiary/aromatic N) is 2. The van der Waals surface area contributed by atoms with Crippen LogP contribution in [0.3, 0.4) is 0 Å². The number of carboxylic acids is 1. The monoisotopic (exact) mass is 262 g/mol. The van der Waals surface area contributed by atoms with Crippen molar-refractivity contribution in [2.45, 2.75) is 13.0 Å². The highest BCUT2D eigenvalue weighted by Gasteiger charge is 2.23. The molecule has 2 rings (SSSR count). The van der Waals surface area contributed by atoms with Gasteiger partial charge in [-0.2, -0.15) is 0 Å². The first-order chi connectivity index (χ1) is 9.11. The number of carbonyl (C=O) groups excluding carboxylic acids is 1. The third-order valence-corrected chi connectivity index (χ3v) is 2.88. The maximum atomic E-state index is 11.7. The van der Waals surface area contributed by atoms with Crippen molar-refractivity contribution >= 4 is 12.1 Å². The number of rotatable bonds is 3. The fraction of sp³-hybridized carbons (Fsp3) is 0.308. The average molecular weight is 262 g/mol. The van der Waals surface area contributed by atoms with E-state index >= 15 is 0 Å². The van der Waals surface area contributed by atoms with Gasteiger partial charge in [-0.15, -0.1) is 0 Å². The number of carbonyl (C=O) groups is 2. The number of aromatic nitrogens is 1. The molecule has 1 N–H and O–H groups in total. The molecule has 1 aliphatic rings. The van der Waals surface area contributed by atoms with Gasteiger partial charge in [-0.05, 0) is 18.1 Å². The highest BCUT2D eigenvalue weighted by Crippen LogP contribution is 2.18. The standard InChI is InChI=1S/C13H14N2O4/c1-2-5-19-13(18)15-4-3-9-6-10(12(16)17)7-14-11(9)8-15/h2,6-7H,1,3-5,8H2,(H,16,17). The number of carboxylic acid groups (broad SMARTS) is 1. The normalized spacial score (nSPS) is 13.6. The van der Waals surface area contributed by atoms with Crippen molar-refractivity contribution in [1.82, 2.24) is 9.88 Å². The first-order valence-corrected chi connectivity index (χ1v) is 5.85. The summed E-state index contributed by atoms with van der Waals surface area (Å²) in [5, 5.41) is 8.89. The van der Waals surface area contributed by atoms with Crippen LogP contribution in [0.25, 0.3) is 0 Å². The molecule has 1 amide bonds. The van der Waals surface area contributed by atoms with Gasteiger partial charge in [0.15, 0.2) is 0 Å². The van der Waals surface area contributed by atoms with Crippen molar-refractivity contribution in [2.24, 2.45) is 0 Å². The number of fused-ring (bicyclic) bond motifs is 1. The lowest BCUT2D eigenvalue weighted by Gasteiger charge is -2.27. The minimum Gasteiger partial charge on any atom is -0.478 e. The van der Waals surface area contributed by atoms with E-state index in [2.05, 4.69) is 11.6 Å². The summed E-state index contributed by atoms with van der Waals surface area (Å²) >= 11 is 0. The smallest absolute Gasteiger partial charge is 0.410 e. The van der Waals surface area contributed by atoms with Crippen molar-refractivity contribution in [3.8, 4) is 0 Å². The van der Waals surface area contributed by atoms with E-state index in [0.29, 0.717) is 25.2 Å². The maximum absolute atomic E-state index is 11.7. The van der Waals surface area contributed by atoms with Crippen molar-refractivity contribution in [1.29, 1.82) is 0 Å². The van der Waals surface area contributed by atoms with E-state index in [1.165, 1.54) is 12.3 Å². The third-order valence-electron chi connectivity index (χ3n) is 2.88. The number of aromatic carboxylic acids is 1. The topological polar surface area (TPSA) is 79.7 Å². The van der Waals surface area contributed by atoms with Gasteiger partial charge >= 0.3 is 12.1 Å². The van der Waals surface area contributed by atoms with Gasteiger partial charge in [0, 0.05) is 12.7 Å². The molecule has 0 aromatic carbocycles. The number of amides is 1. The Labute approximate surface area is 110 Å². The van der Waals surface area contributed by atoms with E-state index in [4.69, 9.17) is 9.84 Å². The van der Waals surface area contributed by atoms with Crippen LogP contribution in [0.5, 0.6) is 0 Å². The molecule has 2 heterocycles. The molecule has 0 saturated carbocycles. The van der Waals surface area contributed by atoms with E-state index in [-0.39, 0.29) is 12.2 Å². The second-order valence-corrected chi connectivity index (χ2v) is 4.17. The van der Waals surface area contributed by atoms with Gasteiger partial charge < -0.3 is 14.7 Å². The molecule has 0 bridgehead atoms. The van der Waals surface area contributed by atoms with Gasteiger partial charge in [0.2, 0.25) is 0 Å². The maximum Gasteiger partial charge on any atom is 0.410 e. The van der Waals surface area contributed by atoms with E-state index in [1.807, 2.05) is 0 Å². The Bertz CT molecular complexity index is 527. The van der Waals surface area contributed by atoms with Crippen LogP contribution in [0.1, 0.15) is 21.6 Å². The van der Waals surface area contributed by atoms with Crippen molar-refractivity contribution in [3.05, 3.63) is 41.7 Å². The number of hydrogen-bond acceptors (Lipinski definition) is 4. The van der Waals surface area contributed by atoms with Gasteiger partial charge in [0.25, 0.3) is 0 Å². The number of pyridine rings is 1. The van der Waals surface area contributed by atoms with Crippen LogP contribution in [-0.4, -0.2) is 40.2 Å². The van der Waals surface area contributed by atoms with Gasteiger partial charge in [-0.25, -0.2) is 9.59 Å². The third kappa shape index (κ3) is 2.90. The second kappa shape index (κ2) is 5.51. The first kappa shape index (κ1) is 13.1. The molecule has 1 aliphatic heterocycles. The summed E-state index contributed by atoms with van der Waals surface area (Å²) in [6, 6.07) is 1.61. The molecule has 0 atom stereocenters. The molecular formula is C13H14N2O4. The van der Waals surface area contributed by atoms with E-state index < -0.39 is 12.1 Å². The zero-order valence-corrected chi connectivity index (χ0v) is 10.3. The van der Waals surface area contributed by atoms with Crippen molar-refractivity contribution in [3.63, 3.8) is 0 Å². The largest absolute Gasteiger partial charge is 0.478 e. The molecule has 6 nitrogen and oxygen atoms in total. The number of hydrogen-bond donors (Lipinski definition) is 1. The molecule has 0 radical (unpaired) electrons. The highest BCUT2D eigenvalue weighted by atomic mass is 16.6. The molecule has 0 fully saturated rings. The molecule has 6 heteroatoms. The van der Waals surface area contributed by atoms with Gasteiger partial charge in [-0.3, -0.25) is 4.98 Å². The zero-order valence-electron chi connectivity index (χ0n) is 10.3. The predicted octanol–water partition coefficient (Wildman–Crippen LogP) is 1.46. The molecule has 0 unspecified atom stereocenters. The Balaban J connectivity index is 2.10. The minimum atomic E-state index is -0.997. The minimum absolute atomic E-state index is 0.168. The fourth-order valence-corrected chi connectivity index (χ4v) is 1.91. The lowest BCUT2D eigenvalue weighted by Crippen LogP contribution is -2.37. The summed E-state index contributed by atoms with van der Waals surface area (Å²) in [7, 11) is 0. The lowest BCUT2D eigenvalue weighted by molar-refractivity contribution is 0.0695. The van der Waals surface area contributed by atoms with Crippen LogP contribution >= 0.6 is 0 Å². The second-order valence-electron chi connectivity index (χ2n) is 4.17. The SMILES string of the molecule is C=CCOC(=O)N1CCc2cc(C(=O)O)cnc2C1. The van der Waals surface area contributed by atoms with Crippen molar-refractivity contribution in [2.75, 3.05) is 13.2 Å². The van der Waals surface area contributed by atoms with Gasteiger partial charge in [0.05, 0.1) is 17.8 Å². The Hall–Kier alpha value is -2.37. The lowest BCUT2D eigenvalue weighted by atomic mass is 10.0. The summed E-state index contributed by atoms with van der Waals surface area (Å²) in [6.07, 6.45) is 2.98. The Kier molecular flexibility index (Phi) is 3.79. The average Bonchev–Trinajstić information content (AvgIpc) is 2.43. The van der Waals surface area contributed by atoms with E-state index in [9.17, 15) is 9.59 Å². The molecule has 1 aromatic heterocycles. The van der Waals surface area contributed by atoms with E-state index in [0.717, 1.165) is 5.56 Å². The van der Waals surface area contributed by atoms with Crippen LogP contribution in [-0.2, 0) is 17.7 Å². The van der Waals surface area contributed by atoms with Crippen LogP contribution in [0.4, 0.5) is 4.79 Å². The summed E-state index contributed by atoms with van der Waals surface area (Å²) in [5.41, 5.74) is 1.75. The molecule has 1 aromatic rings. The summed E-state index contributed by atoms with van der Waals surface area (Å²) < 4.78 is 4.95. The van der Waals surface area contributed by atoms with Crippen LogP contribution in [0.2, 0.25) is 0 Å². The van der Waals surface area contributed by atoms with Crippen LogP contribution in [0, 0.1) is 0 Å². The number of ether oxygens (including phenoxy) is 1. The fourth-order valence-electron chi connectivity index (χ4n) is 1.91. The predicted molar refractivity (Wildman–Crippen MR) is 66.9 cm³/mol. The van der Waals surface area contributed by atoms with Gasteiger partial charge in [-0.1, -0.05) is 12.7 Å². The molecule has 0 aliphatic carbocycles.